The van der Waals surface area contributed by atoms with Crippen molar-refractivity contribution in [1.82, 2.24) is 14.5 Å². The lowest BCUT2D eigenvalue weighted by molar-refractivity contribution is -0.389. The maximum atomic E-state index is 12.7. The van der Waals surface area contributed by atoms with Crippen molar-refractivity contribution in [2.24, 2.45) is 0 Å². The first-order valence-electron chi connectivity index (χ1n) is 11.6. The number of imidazole rings is 1. The van der Waals surface area contributed by atoms with Gasteiger partial charge in [0.25, 0.3) is 0 Å². The number of aromatic nitrogens is 2. The molecule has 1 aromatic heterocycles. The Labute approximate surface area is 212 Å². The summed E-state index contributed by atoms with van der Waals surface area (Å²) in [5.41, 5.74) is 1.65. The van der Waals surface area contributed by atoms with Gasteiger partial charge in [0, 0.05) is 37.4 Å². The Morgan fingerprint density at radius 3 is 2.43 bits per heavy atom. The van der Waals surface area contributed by atoms with Crippen LogP contribution in [0, 0.1) is 10.1 Å². The molecule has 11 heteroatoms. The molecule has 196 valence electrons. The Bertz CT molecular complexity index is 1250. The van der Waals surface area contributed by atoms with Crippen LogP contribution in [0.2, 0.25) is 0 Å². The number of halogens is 3. The average Bonchev–Trinajstić information content (AvgIpc) is 3.34. The SMILES string of the molecule is CN(Cc1ccc(N(C)CC=Cc2ccc(C(F)(F)F)cc2)cc1)C[C@@]1(C)Cn2cc([N+](=O)[O-])nc2O1. The molecule has 0 radical (unpaired) electrons. The van der Waals surface area contributed by atoms with E-state index >= 15 is 0 Å². The maximum Gasteiger partial charge on any atom is 0.416 e. The van der Waals surface area contributed by atoms with E-state index in [0.29, 0.717) is 31.7 Å². The number of benzene rings is 2. The molecule has 3 aromatic rings. The highest BCUT2D eigenvalue weighted by atomic mass is 19.4. The number of nitro groups is 1. The zero-order chi connectivity index (χ0) is 26.8. The number of hydrogen-bond donors (Lipinski definition) is 0. The molecule has 0 saturated carbocycles. The minimum atomic E-state index is -4.33. The van der Waals surface area contributed by atoms with Gasteiger partial charge >= 0.3 is 18.0 Å². The van der Waals surface area contributed by atoms with Crippen molar-refractivity contribution in [3.63, 3.8) is 0 Å². The van der Waals surface area contributed by atoms with Gasteiger partial charge < -0.3 is 19.8 Å². The zero-order valence-corrected chi connectivity index (χ0v) is 20.8. The number of nitrogens with zero attached hydrogens (tertiary/aromatic N) is 5. The van der Waals surface area contributed by atoms with Gasteiger partial charge in [0.2, 0.25) is 0 Å². The zero-order valence-electron chi connectivity index (χ0n) is 20.8. The summed E-state index contributed by atoms with van der Waals surface area (Å²) in [5.74, 6) is -0.217. The van der Waals surface area contributed by atoms with Crippen LogP contribution in [0.5, 0.6) is 6.01 Å². The van der Waals surface area contributed by atoms with Crippen molar-refractivity contribution < 1.29 is 22.8 Å². The van der Waals surface area contributed by atoms with Crippen molar-refractivity contribution in [2.45, 2.75) is 31.8 Å². The van der Waals surface area contributed by atoms with E-state index in [0.717, 1.165) is 23.4 Å². The summed E-state index contributed by atoms with van der Waals surface area (Å²) in [7, 11) is 3.94. The Balaban J connectivity index is 1.26. The second-order valence-electron chi connectivity index (χ2n) is 9.56. The third-order valence-electron chi connectivity index (χ3n) is 6.12. The molecule has 0 bridgehead atoms. The molecule has 2 heterocycles. The highest BCUT2D eigenvalue weighted by Gasteiger charge is 2.41. The van der Waals surface area contributed by atoms with Gasteiger partial charge in [-0.2, -0.15) is 13.2 Å². The third kappa shape index (κ3) is 6.48. The molecule has 0 saturated heterocycles. The van der Waals surface area contributed by atoms with Gasteiger partial charge in [-0.05, 0) is 54.3 Å². The minimum absolute atomic E-state index is 0.217. The van der Waals surface area contributed by atoms with Gasteiger partial charge in [-0.25, -0.2) is 0 Å². The van der Waals surface area contributed by atoms with Crippen LogP contribution in [0.25, 0.3) is 6.08 Å². The van der Waals surface area contributed by atoms with Crippen LogP contribution in [0.3, 0.4) is 0 Å². The van der Waals surface area contributed by atoms with E-state index in [9.17, 15) is 23.3 Å². The van der Waals surface area contributed by atoms with Gasteiger partial charge in [0.05, 0.1) is 12.1 Å². The fourth-order valence-electron chi connectivity index (χ4n) is 4.39. The number of fused-ring (bicyclic) bond motifs is 1. The molecular formula is C26H28F3N5O3. The van der Waals surface area contributed by atoms with Crippen LogP contribution in [0.4, 0.5) is 24.7 Å². The van der Waals surface area contributed by atoms with Crippen LogP contribution in [-0.4, -0.2) is 52.2 Å². The van der Waals surface area contributed by atoms with Crippen molar-refractivity contribution in [1.29, 1.82) is 0 Å². The number of likely N-dealkylation sites (N-methyl/N-ethyl adjacent to an activating group) is 2. The van der Waals surface area contributed by atoms with Crippen LogP contribution in [0.15, 0.2) is 60.8 Å². The van der Waals surface area contributed by atoms with E-state index in [4.69, 9.17) is 4.74 Å². The molecule has 0 fully saturated rings. The van der Waals surface area contributed by atoms with Gasteiger partial charge in [-0.1, -0.05) is 36.4 Å². The Morgan fingerprint density at radius 2 is 1.84 bits per heavy atom. The normalized spacial score (nSPS) is 17.3. The number of rotatable bonds is 9. The smallest absolute Gasteiger partial charge is 0.416 e. The van der Waals surface area contributed by atoms with Gasteiger partial charge in [-0.3, -0.25) is 9.47 Å². The minimum Gasteiger partial charge on any atom is -0.436 e. The number of ether oxygens (including phenoxy) is 1. The van der Waals surface area contributed by atoms with Gasteiger partial charge in [0.1, 0.15) is 11.8 Å². The summed E-state index contributed by atoms with van der Waals surface area (Å²) in [6.45, 7) is 4.35. The Kier molecular flexibility index (Phi) is 7.26. The van der Waals surface area contributed by atoms with Crippen molar-refractivity contribution in [2.75, 3.05) is 32.1 Å². The standard InChI is InChI=1S/C26H28F3N5O3/c1-25(18-33-16-23(34(35)36)30-24(33)37-25)17-31(2)15-20-8-12-22(13-9-20)32(3)14-4-5-19-6-10-21(11-7-19)26(27,28)29/h4-13,16H,14-15,17-18H2,1-3H3/t25-/m0/s1. The van der Waals surface area contributed by atoms with E-state index in [1.807, 2.05) is 56.3 Å². The van der Waals surface area contributed by atoms with E-state index in [-0.39, 0.29) is 11.8 Å². The number of anilines is 1. The first kappa shape index (κ1) is 26.2. The topological polar surface area (TPSA) is 76.7 Å². The lowest BCUT2D eigenvalue weighted by Gasteiger charge is -2.28. The van der Waals surface area contributed by atoms with E-state index in [1.165, 1.54) is 18.3 Å². The molecule has 1 aliphatic heterocycles. The van der Waals surface area contributed by atoms with Crippen molar-refractivity contribution >= 4 is 17.6 Å². The molecule has 8 nitrogen and oxygen atoms in total. The second kappa shape index (κ2) is 10.3. The fraction of sp³-hybridized carbons (Fsp3) is 0.346. The largest absolute Gasteiger partial charge is 0.436 e. The average molecular weight is 516 g/mol. The lowest BCUT2D eigenvalue weighted by Crippen LogP contribution is -2.43. The molecule has 1 atom stereocenters. The Hall–Kier alpha value is -3.86. The molecule has 0 unspecified atom stereocenters. The first-order valence-corrected chi connectivity index (χ1v) is 11.6. The van der Waals surface area contributed by atoms with Gasteiger partial charge in [-0.15, -0.1) is 0 Å². The van der Waals surface area contributed by atoms with Crippen LogP contribution < -0.4 is 9.64 Å². The highest BCUT2D eigenvalue weighted by molar-refractivity contribution is 5.53. The highest BCUT2D eigenvalue weighted by Crippen LogP contribution is 2.32. The summed E-state index contributed by atoms with van der Waals surface area (Å²) in [6.07, 6.45) is 0.775. The van der Waals surface area contributed by atoms with Crippen molar-refractivity contribution in [3.05, 3.63) is 87.6 Å². The first-order chi connectivity index (χ1) is 17.4. The van der Waals surface area contributed by atoms with Gasteiger partial charge in [0.15, 0.2) is 0 Å². The van der Waals surface area contributed by atoms with Crippen LogP contribution in [-0.2, 0) is 19.3 Å². The molecule has 0 N–H and O–H groups in total. The van der Waals surface area contributed by atoms with E-state index in [1.54, 1.807) is 10.6 Å². The maximum absolute atomic E-state index is 12.7. The fourth-order valence-corrected chi connectivity index (χ4v) is 4.39. The Morgan fingerprint density at radius 1 is 1.16 bits per heavy atom. The molecule has 2 aromatic carbocycles. The van der Waals surface area contributed by atoms with E-state index < -0.39 is 22.3 Å². The van der Waals surface area contributed by atoms with Crippen LogP contribution in [0.1, 0.15) is 23.6 Å². The molecule has 0 amide bonds. The summed E-state index contributed by atoms with van der Waals surface area (Å²) in [4.78, 5) is 18.5. The summed E-state index contributed by atoms with van der Waals surface area (Å²) >= 11 is 0. The second-order valence-corrected chi connectivity index (χ2v) is 9.56. The number of alkyl halides is 3. The molecular weight excluding hydrogens is 487 g/mol. The predicted molar refractivity (Wildman–Crippen MR) is 134 cm³/mol. The summed E-state index contributed by atoms with van der Waals surface area (Å²) < 4.78 is 45.7. The molecule has 1 aliphatic rings. The number of hydrogen-bond acceptors (Lipinski definition) is 6. The van der Waals surface area contributed by atoms with E-state index in [2.05, 4.69) is 9.88 Å². The molecule has 37 heavy (non-hydrogen) atoms. The molecule has 0 aliphatic carbocycles. The molecule has 0 spiro atoms. The summed E-state index contributed by atoms with van der Waals surface area (Å²) in [6, 6.07) is 13.5. The summed E-state index contributed by atoms with van der Waals surface area (Å²) in [5, 5.41) is 10.9. The van der Waals surface area contributed by atoms with Crippen molar-refractivity contribution in [3.8, 4) is 6.01 Å². The third-order valence-corrected chi connectivity index (χ3v) is 6.12. The predicted octanol–water partition coefficient (Wildman–Crippen LogP) is 5.24. The molecule has 4 rings (SSSR count). The quantitative estimate of drug-likeness (QED) is 0.287. The lowest BCUT2D eigenvalue weighted by atomic mass is 10.1. The monoisotopic (exact) mass is 515 g/mol. The van der Waals surface area contributed by atoms with Crippen LogP contribution >= 0.6 is 0 Å².